The van der Waals surface area contributed by atoms with Crippen LogP contribution in [0.15, 0.2) is 22.7 Å². The minimum atomic E-state index is -0.220. The van der Waals surface area contributed by atoms with Gasteiger partial charge in [-0.1, -0.05) is 22.9 Å². The molecule has 17 heavy (non-hydrogen) atoms. The van der Waals surface area contributed by atoms with Crippen LogP contribution in [0.5, 0.6) is 0 Å². The molecule has 1 fully saturated rings. The fourth-order valence-electron chi connectivity index (χ4n) is 2.52. The third kappa shape index (κ3) is 3.06. The Balaban J connectivity index is 2.10. The molecule has 0 radical (unpaired) electrons. The van der Waals surface area contributed by atoms with E-state index in [-0.39, 0.29) is 18.5 Å². The van der Waals surface area contributed by atoms with Gasteiger partial charge in [-0.15, -0.1) is 0 Å². The molecular weight excluding hydrogens is 285 g/mol. The van der Waals surface area contributed by atoms with Gasteiger partial charge in [-0.05, 0) is 42.6 Å². The summed E-state index contributed by atoms with van der Waals surface area (Å²) in [5.74, 6) is 0.291. The first-order valence-electron chi connectivity index (χ1n) is 5.90. The van der Waals surface area contributed by atoms with Gasteiger partial charge in [0.1, 0.15) is 5.82 Å². The number of hydrogen-bond acceptors (Lipinski definition) is 2. The zero-order chi connectivity index (χ0) is 12.4. The maximum absolute atomic E-state index is 13.3. The summed E-state index contributed by atoms with van der Waals surface area (Å²) in [5, 5.41) is 9.37. The van der Waals surface area contributed by atoms with Crippen molar-refractivity contribution in [3.8, 4) is 0 Å². The van der Waals surface area contributed by atoms with Crippen molar-refractivity contribution in [2.75, 3.05) is 13.2 Å². The fraction of sp³-hybridized carbons (Fsp3) is 0.538. The molecule has 94 valence electrons. The Hall–Kier alpha value is -0.450. The van der Waals surface area contributed by atoms with Gasteiger partial charge < -0.3 is 5.11 Å². The predicted molar refractivity (Wildman–Crippen MR) is 69.2 cm³/mol. The van der Waals surface area contributed by atoms with E-state index >= 15 is 0 Å². The van der Waals surface area contributed by atoms with E-state index in [2.05, 4.69) is 27.8 Å². The molecule has 1 N–H and O–H groups in total. The number of aliphatic hydroxyl groups is 1. The van der Waals surface area contributed by atoms with Crippen molar-refractivity contribution in [3.63, 3.8) is 0 Å². The topological polar surface area (TPSA) is 23.5 Å². The predicted octanol–water partition coefficient (Wildman–Crippen LogP) is 2.79. The van der Waals surface area contributed by atoms with Crippen LogP contribution in [-0.2, 0) is 6.54 Å². The smallest absolute Gasteiger partial charge is 0.124 e. The summed E-state index contributed by atoms with van der Waals surface area (Å²) in [5.41, 5.74) is 0.949. The Bertz CT molecular complexity index is 379. The number of likely N-dealkylation sites (tertiary alicyclic amines) is 1. The third-order valence-corrected chi connectivity index (χ3v) is 3.95. The molecule has 2 atom stereocenters. The normalized spacial score (nSPS) is 25.4. The average Bonchev–Trinajstić information content (AvgIpc) is 2.57. The van der Waals surface area contributed by atoms with Gasteiger partial charge in [-0.3, -0.25) is 4.90 Å². The zero-order valence-corrected chi connectivity index (χ0v) is 11.5. The lowest BCUT2D eigenvalue weighted by molar-refractivity contribution is 0.134. The molecule has 2 rings (SSSR count). The Labute approximate surface area is 110 Å². The van der Waals surface area contributed by atoms with Crippen molar-refractivity contribution in [1.82, 2.24) is 4.90 Å². The number of aliphatic hydroxyl groups excluding tert-OH is 1. The number of halogens is 2. The van der Waals surface area contributed by atoms with Crippen molar-refractivity contribution < 1.29 is 9.50 Å². The van der Waals surface area contributed by atoms with E-state index in [1.54, 1.807) is 6.07 Å². The maximum Gasteiger partial charge on any atom is 0.124 e. The molecule has 1 aliphatic rings. The van der Waals surface area contributed by atoms with Crippen LogP contribution in [0.2, 0.25) is 0 Å². The van der Waals surface area contributed by atoms with E-state index < -0.39 is 0 Å². The lowest BCUT2D eigenvalue weighted by atomic mass is 10.0. The van der Waals surface area contributed by atoms with E-state index in [9.17, 15) is 9.50 Å². The zero-order valence-electron chi connectivity index (χ0n) is 9.87. The Morgan fingerprint density at radius 1 is 1.47 bits per heavy atom. The molecule has 1 aromatic carbocycles. The van der Waals surface area contributed by atoms with Crippen LogP contribution in [0.25, 0.3) is 0 Å². The van der Waals surface area contributed by atoms with Gasteiger partial charge in [0.2, 0.25) is 0 Å². The molecule has 2 nitrogen and oxygen atoms in total. The van der Waals surface area contributed by atoms with Crippen LogP contribution >= 0.6 is 15.9 Å². The molecule has 1 aromatic rings. The van der Waals surface area contributed by atoms with Crippen LogP contribution in [0.3, 0.4) is 0 Å². The first-order valence-corrected chi connectivity index (χ1v) is 6.69. The summed E-state index contributed by atoms with van der Waals surface area (Å²) < 4.78 is 14.0. The van der Waals surface area contributed by atoms with Crippen LogP contribution in [-0.4, -0.2) is 29.2 Å². The molecule has 0 aromatic heterocycles. The second kappa shape index (κ2) is 5.46. The molecule has 1 heterocycles. The molecule has 0 saturated carbocycles. The van der Waals surface area contributed by atoms with Crippen LogP contribution in [0.4, 0.5) is 4.39 Å². The number of rotatable bonds is 3. The molecule has 2 unspecified atom stereocenters. The van der Waals surface area contributed by atoms with E-state index in [1.807, 2.05) is 6.07 Å². The summed E-state index contributed by atoms with van der Waals surface area (Å²) in [6.07, 6.45) is 1.10. The summed E-state index contributed by atoms with van der Waals surface area (Å²) >= 11 is 3.30. The average molecular weight is 302 g/mol. The van der Waals surface area contributed by atoms with E-state index in [0.717, 1.165) is 23.0 Å². The van der Waals surface area contributed by atoms with Gasteiger partial charge in [0, 0.05) is 17.1 Å². The Morgan fingerprint density at radius 3 is 2.88 bits per heavy atom. The summed E-state index contributed by atoms with van der Waals surface area (Å²) in [6, 6.07) is 5.15. The largest absolute Gasteiger partial charge is 0.395 e. The van der Waals surface area contributed by atoms with Crippen molar-refractivity contribution in [1.29, 1.82) is 0 Å². The lowest BCUT2D eigenvalue weighted by Gasteiger charge is -2.25. The standard InChI is InChI=1S/C13H17BrFNO/c1-9-2-3-16(13(9)8-17)7-10-4-11(14)6-12(15)5-10/h4-6,9,13,17H,2-3,7-8H2,1H3. The summed E-state index contributed by atoms with van der Waals surface area (Å²) in [7, 11) is 0. The molecule has 0 aliphatic carbocycles. The summed E-state index contributed by atoms with van der Waals surface area (Å²) in [6.45, 7) is 4.01. The number of nitrogens with zero attached hydrogens (tertiary/aromatic N) is 1. The third-order valence-electron chi connectivity index (χ3n) is 3.49. The first-order chi connectivity index (χ1) is 8.10. The van der Waals surface area contributed by atoms with Gasteiger partial charge in [0.25, 0.3) is 0 Å². The highest BCUT2D eigenvalue weighted by molar-refractivity contribution is 9.10. The molecule has 1 saturated heterocycles. The highest BCUT2D eigenvalue weighted by Gasteiger charge is 2.30. The quantitative estimate of drug-likeness (QED) is 0.928. The Morgan fingerprint density at radius 2 is 2.24 bits per heavy atom. The van der Waals surface area contributed by atoms with E-state index in [4.69, 9.17) is 0 Å². The molecule has 4 heteroatoms. The van der Waals surface area contributed by atoms with Crippen LogP contribution < -0.4 is 0 Å². The highest BCUT2D eigenvalue weighted by atomic mass is 79.9. The van der Waals surface area contributed by atoms with Crippen LogP contribution in [0, 0.1) is 11.7 Å². The van der Waals surface area contributed by atoms with Gasteiger partial charge >= 0.3 is 0 Å². The minimum Gasteiger partial charge on any atom is -0.395 e. The first kappa shape index (κ1) is 13.0. The molecule has 0 spiro atoms. The van der Waals surface area contributed by atoms with E-state index in [0.29, 0.717) is 12.5 Å². The monoisotopic (exact) mass is 301 g/mol. The molecule has 0 amide bonds. The lowest BCUT2D eigenvalue weighted by Crippen LogP contribution is -2.34. The fourth-order valence-corrected chi connectivity index (χ4v) is 3.03. The van der Waals surface area contributed by atoms with Gasteiger partial charge in [0.15, 0.2) is 0 Å². The highest BCUT2D eigenvalue weighted by Crippen LogP contribution is 2.26. The number of hydrogen-bond donors (Lipinski definition) is 1. The summed E-state index contributed by atoms with van der Waals surface area (Å²) in [4.78, 5) is 2.23. The van der Waals surface area contributed by atoms with Gasteiger partial charge in [-0.2, -0.15) is 0 Å². The van der Waals surface area contributed by atoms with Crippen molar-refractivity contribution >= 4 is 15.9 Å². The van der Waals surface area contributed by atoms with Crippen molar-refractivity contribution in [2.24, 2.45) is 5.92 Å². The van der Waals surface area contributed by atoms with E-state index in [1.165, 1.54) is 6.07 Å². The van der Waals surface area contributed by atoms with Gasteiger partial charge in [0.05, 0.1) is 6.61 Å². The molecular formula is C13H17BrFNO. The Kier molecular flexibility index (Phi) is 4.17. The maximum atomic E-state index is 13.3. The minimum absolute atomic E-state index is 0.178. The second-order valence-electron chi connectivity index (χ2n) is 4.76. The van der Waals surface area contributed by atoms with Crippen molar-refractivity contribution in [3.05, 3.63) is 34.1 Å². The molecule has 1 aliphatic heterocycles. The van der Waals surface area contributed by atoms with Gasteiger partial charge in [-0.25, -0.2) is 4.39 Å². The van der Waals surface area contributed by atoms with Crippen LogP contribution in [0.1, 0.15) is 18.9 Å². The van der Waals surface area contributed by atoms with Crippen molar-refractivity contribution in [2.45, 2.75) is 25.9 Å². The second-order valence-corrected chi connectivity index (χ2v) is 5.68. The molecule has 0 bridgehead atoms. The SMILES string of the molecule is CC1CCN(Cc2cc(F)cc(Br)c2)C1CO. The number of benzene rings is 1.